The molecule has 0 heterocycles. The number of hydrogen-bond acceptors (Lipinski definition) is 1. The molecular formula is C12H16O. The molecule has 1 aromatic carbocycles. The maximum atomic E-state index is 5.44. The normalized spacial score (nSPS) is 9.69. The van der Waals surface area contributed by atoms with Crippen LogP contribution < -0.4 is 4.74 Å². The molecule has 0 saturated heterocycles. The van der Waals surface area contributed by atoms with Gasteiger partial charge in [0, 0.05) is 0 Å². The van der Waals surface area contributed by atoms with Gasteiger partial charge in [-0.2, -0.15) is 0 Å². The molecule has 0 atom stereocenters. The zero-order valence-electron chi connectivity index (χ0n) is 8.34. The first kappa shape index (κ1) is 9.85. The van der Waals surface area contributed by atoms with Crippen LogP contribution in [0.4, 0.5) is 0 Å². The summed E-state index contributed by atoms with van der Waals surface area (Å²) >= 11 is 0. The molecule has 1 heteroatoms. The van der Waals surface area contributed by atoms with Crippen molar-refractivity contribution < 1.29 is 4.74 Å². The molecule has 0 aromatic heterocycles. The fourth-order valence-corrected chi connectivity index (χ4v) is 1.32. The van der Waals surface area contributed by atoms with E-state index in [-0.39, 0.29) is 0 Å². The van der Waals surface area contributed by atoms with Crippen molar-refractivity contribution in [3.05, 3.63) is 42.0 Å². The monoisotopic (exact) mass is 176 g/mol. The molecule has 0 aliphatic rings. The van der Waals surface area contributed by atoms with Gasteiger partial charge in [0.15, 0.2) is 0 Å². The largest absolute Gasteiger partial charge is 0.494 e. The van der Waals surface area contributed by atoms with Gasteiger partial charge in [-0.05, 0) is 37.5 Å². The first-order valence-corrected chi connectivity index (χ1v) is 4.61. The van der Waals surface area contributed by atoms with E-state index in [2.05, 4.69) is 25.6 Å². The van der Waals surface area contributed by atoms with Crippen molar-refractivity contribution in [2.24, 2.45) is 0 Å². The Morgan fingerprint density at radius 2 is 2.23 bits per heavy atom. The fraction of sp³-hybridized carbons (Fsp3) is 0.333. The third kappa shape index (κ3) is 2.62. The van der Waals surface area contributed by atoms with Gasteiger partial charge in [-0.3, -0.25) is 0 Å². The van der Waals surface area contributed by atoms with Gasteiger partial charge in [0.25, 0.3) is 0 Å². The summed E-state index contributed by atoms with van der Waals surface area (Å²) in [5.74, 6) is 0.982. The lowest BCUT2D eigenvalue weighted by molar-refractivity contribution is 0.338. The lowest BCUT2D eigenvalue weighted by atomic mass is 10.1. The van der Waals surface area contributed by atoms with Gasteiger partial charge in [0.05, 0.1) is 6.61 Å². The molecule has 1 aromatic rings. The van der Waals surface area contributed by atoms with Crippen molar-refractivity contribution in [2.75, 3.05) is 6.61 Å². The molecule has 1 nitrogen and oxygen atoms in total. The van der Waals surface area contributed by atoms with Crippen molar-refractivity contribution in [1.29, 1.82) is 0 Å². The van der Waals surface area contributed by atoms with Crippen LogP contribution in [0.1, 0.15) is 18.1 Å². The number of allylic oxidation sites excluding steroid dienone is 1. The highest BCUT2D eigenvalue weighted by molar-refractivity contribution is 5.36. The molecule has 0 bridgehead atoms. The predicted octanol–water partition coefficient (Wildman–Crippen LogP) is 3.12. The van der Waals surface area contributed by atoms with Crippen LogP contribution in [-0.4, -0.2) is 6.61 Å². The average molecular weight is 176 g/mol. The van der Waals surface area contributed by atoms with E-state index in [1.54, 1.807) is 0 Å². The number of ether oxygens (including phenoxy) is 1. The zero-order valence-corrected chi connectivity index (χ0v) is 8.34. The highest BCUT2D eigenvalue weighted by atomic mass is 16.5. The van der Waals surface area contributed by atoms with Crippen LogP contribution in [0.15, 0.2) is 30.9 Å². The van der Waals surface area contributed by atoms with Crippen molar-refractivity contribution >= 4 is 0 Å². The number of hydrogen-bond donors (Lipinski definition) is 0. The van der Waals surface area contributed by atoms with Gasteiger partial charge in [-0.15, -0.1) is 6.58 Å². The molecule has 0 amide bonds. The van der Waals surface area contributed by atoms with E-state index in [1.165, 1.54) is 11.1 Å². The minimum absolute atomic E-state index is 0.724. The molecule has 0 N–H and O–H groups in total. The average Bonchev–Trinajstić information content (AvgIpc) is 2.10. The lowest BCUT2D eigenvalue weighted by Crippen LogP contribution is -1.94. The summed E-state index contributed by atoms with van der Waals surface area (Å²) in [7, 11) is 0. The van der Waals surface area contributed by atoms with Crippen molar-refractivity contribution in [1.82, 2.24) is 0 Å². The molecule has 0 unspecified atom stereocenters. The Balaban J connectivity index is 2.84. The molecule has 0 fully saturated rings. The smallest absolute Gasteiger partial charge is 0.122 e. The van der Waals surface area contributed by atoms with Crippen LogP contribution >= 0.6 is 0 Å². The van der Waals surface area contributed by atoms with E-state index in [0.717, 1.165) is 18.8 Å². The van der Waals surface area contributed by atoms with Gasteiger partial charge in [0.2, 0.25) is 0 Å². The van der Waals surface area contributed by atoms with E-state index in [1.807, 2.05) is 19.1 Å². The van der Waals surface area contributed by atoms with Crippen LogP contribution in [0.5, 0.6) is 5.75 Å². The fourth-order valence-electron chi connectivity index (χ4n) is 1.32. The van der Waals surface area contributed by atoms with Crippen molar-refractivity contribution in [2.45, 2.75) is 20.3 Å². The second kappa shape index (κ2) is 4.70. The highest BCUT2D eigenvalue weighted by Crippen LogP contribution is 2.19. The predicted molar refractivity (Wildman–Crippen MR) is 56.2 cm³/mol. The molecule has 0 saturated carbocycles. The van der Waals surface area contributed by atoms with Gasteiger partial charge in [-0.25, -0.2) is 0 Å². The lowest BCUT2D eigenvalue weighted by Gasteiger charge is -2.07. The van der Waals surface area contributed by atoms with Crippen LogP contribution in [0.2, 0.25) is 0 Å². The molecule has 0 aliphatic heterocycles. The van der Waals surface area contributed by atoms with Gasteiger partial charge < -0.3 is 4.74 Å². The van der Waals surface area contributed by atoms with Crippen LogP contribution in [0, 0.1) is 6.92 Å². The Labute approximate surface area is 80.0 Å². The second-order valence-electron chi connectivity index (χ2n) is 3.03. The maximum Gasteiger partial charge on any atom is 0.122 e. The summed E-state index contributed by atoms with van der Waals surface area (Å²) in [6.07, 6.45) is 2.84. The molecule has 70 valence electrons. The maximum absolute atomic E-state index is 5.44. The highest BCUT2D eigenvalue weighted by Gasteiger charge is 1.98. The molecule has 13 heavy (non-hydrogen) atoms. The molecule has 0 aliphatic carbocycles. The van der Waals surface area contributed by atoms with Gasteiger partial charge >= 0.3 is 0 Å². The first-order valence-electron chi connectivity index (χ1n) is 4.61. The Bertz CT molecular complexity index is 289. The summed E-state index contributed by atoms with van der Waals surface area (Å²) in [5, 5.41) is 0. The third-order valence-electron chi connectivity index (χ3n) is 1.92. The van der Waals surface area contributed by atoms with E-state index in [0.29, 0.717) is 0 Å². The first-order chi connectivity index (χ1) is 6.27. The quantitative estimate of drug-likeness (QED) is 0.640. The van der Waals surface area contributed by atoms with Crippen molar-refractivity contribution in [3.8, 4) is 5.75 Å². The number of rotatable bonds is 4. The van der Waals surface area contributed by atoms with Gasteiger partial charge in [-0.1, -0.05) is 18.2 Å². The van der Waals surface area contributed by atoms with Crippen LogP contribution in [0.3, 0.4) is 0 Å². The summed E-state index contributed by atoms with van der Waals surface area (Å²) < 4.78 is 5.44. The topological polar surface area (TPSA) is 9.23 Å². The molecule has 0 radical (unpaired) electrons. The van der Waals surface area contributed by atoms with Gasteiger partial charge in [0.1, 0.15) is 5.75 Å². The Hall–Kier alpha value is -1.24. The Morgan fingerprint density at radius 1 is 1.46 bits per heavy atom. The summed E-state index contributed by atoms with van der Waals surface area (Å²) in [6.45, 7) is 8.50. The number of benzene rings is 1. The van der Waals surface area contributed by atoms with E-state index >= 15 is 0 Å². The van der Waals surface area contributed by atoms with Crippen LogP contribution in [-0.2, 0) is 6.42 Å². The zero-order chi connectivity index (χ0) is 9.68. The SMILES string of the molecule is C=CCc1ccc(OCC)c(C)c1. The minimum atomic E-state index is 0.724. The van der Waals surface area contributed by atoms with Crippen molar-refractivity contribution in [3.63, 3.8) is 0 Å². The third-order valence-corrected chi connectivity index (χ3v) is 1.92. The van der Waals surface area contributed by atoms with E-state index in [4.69, 9.17) is 4.74 Å². The molecule has 1 rings (SSSR count). The molecule has 0 spiro atoms. The summed E-state index contributed by atoms with van der Waals surface area (Å²) in [5.41, 5.74) is 2.48. The Kier molecular flexibility index (Phi) is 3.56. The van der Waals surface area contributed by atoms with Crippen LogP contribution in [0.25, 0.3) is 0 Å². The Morgan fingerprint density at radius 3 is 2.77 bits per heavy atom. The molecular weight excluding hydrogens is 160 g/mol. The second-order valence-corrected chi connectivity index (χ2v) is 3.03. The standard InChI is InChI=1S/C12H16O/c1-4-6-11-7-8-12(13-5-2)10(3)9-11/h4,7-9H,1,5-6H2,2-3H3. The number of aryl methyl sites for hydroxylation is 1. The minimum Gasteiger partial charge on any atom is -0.494 e. The van der Waals surface area contributed by atoms with E-state index < -0.39 is 0 Å². The summed E-state index contributed by atoms with van der Waals surface area (Å²) in [6, 6.07) is 6.25. The van der Waals surface area contributed by atoms with E-state index in [9.17, 15) is 0 Å². The summed E-state index contributed by atoms with van der Waals surface area (Å²) in [4.78, 5) is 0.